The molecule has 0 saturated carbocycles. The van der Waals surface area contributed by atoms with Crippen LogP contribution in [0.1, 0.15) is 31.2 Å². The van der Waals surface area contributed by atoms with Gasteiger partial charge in [0, 0.05) is 50.6 Å². The van der Waals surface area contributed by atoms with Gasteiger partial charge in [0.25, 0.3) is 0 Å². The van der Waals surface area contributed by atoms with Gasteiger partial charge in [-0.2, -0.15) is 0 Å². The molecule has 1 aliphatic heterocycles. The van der Waals surface area contributed by atoms with Crippen molar-refractivity contribution < 1.29 is 0 Å². The van der Waals surface area contributed by atoms with Crippen molar-refractivity contribution in [2.24, 2.45) is 0 Å². The summed E-state index contributed by atoms with van der Waals surface area (Å²) in [6.07, 6.45) is 10.9. The Morgan fingerprint density at radius 1 is 0.452 bits per heavy atom. The van der Waals surface area contributed by atoms with Crippen molar-refractivity contribution in [1.82, 2.24) is 14.5 Å². The predicted octanol–water partition coefficient (Wildman–Crippen LogP) is 15.0. The van der Waals surface area contributed by atoms with Crippen LogP contribution in [-0.4, -0.2) is 14.5 Å². The highest BCUT2D eigenvalue weighted by molar-refractivity contribution is 6.09. The summed E-state index contributed by atoms with van der Waals surface area (Å²) in [5, 5.41) is 2.53. The number of hydrogen-bond acceptors (Lipinski definition) is 3. The molecule has 62 heavy (non-hydrogen) atoms. The lowest BCUT2D eigenvalue weighted by Gasteiger charge is -2.33. The first-order chi connectivity index (χ1) is 30.7. The molecule has 2 aliphatic rings. The summed E-state index contributed by atoms with van der Waals surface area (Å²) < 4.78 is 2.41. The van der Waals surface area contributed by atoms with Crippen LogP contribution < -0.4 is 4.90 Å². The van der Waals surface area contributed by atoms with Crippen molar-refractivity contribution in [3.05, 3.63) is 235 Å². The van der Waals surface area contributed by atoms with Crippen molar-refractivity contribution in [3.63, 3.8) is 0 Å². The maximum Gasteiger partial charge on any atom is 0.160 e. The summed E-state index contributed by atoms with van der Waals surface area (Å²) in [5.41, 5.74) is 18.1. The minimum Gasteiger partial charge on any atom is -0.317 e. The molecule has 0 spiro atoms. The Morgan fingerprint density at radius 2 is 1.05 bits per heavy atom. The number of hydrogen-bond donors (Lipinski definition) is 0. The first-order valence-corrected chi connectivity index (χ1v) is 21.5. The van der Waals surface area contributed by atoms with Gasteiger partial charge in [0.05, 0.1) is 28.1 Å². The Balaban J connectivity index is 0.954. The van der Waals surface area contributed by atoms with Crippen LogP contribution in [0, 0.1) is 0 Å². The molecule has 0 radical (unpaired) electrons. The molecule has 296 valence electrons. The molecule has 4 nitrogen and oxygen atoms in total. The van der Waals surface area contributed by atoms with E-state index in [-0.39, 0.29) is 0 Å². The smallest absolute Gasteiger partial charge is 0.160 e. The molecule has 0 bridgehead atoms. The van der Waals surface area contributed by atoms with E-state index < -0.39 is 0 Å². The standard InChI is InChI=1S/C58H44N4/c1-40-17-12-13-36-61(57-49(40)28-16-29-50(57)45-23-15-25-48(38-45)62-55-30-10-8-26-51(55)52-27-9-11-31-56(52)62)47-34-32-41(33-35-47)44-22-14-24-46(37-44)58-59-53(42-18-4-2-5-19-42)39-54(60-58)43-20-6-3-7-21-43/h2-11,13-15,18-27,29-39H,1,12,16-17,28H2/b36-13-. The fourth-order valence-corrected chi connectivity index (χ4v) is 9.25. The number of fused-ring (bicyclic) bond motifs is 3. The van der Waals surface area contributed by atoms with Crippen molar-refractivity contribution >= 4 is 33.1 Å². The number of rotatable bonds is 7. The lowest BCUT2D eigenvalue weighted by Crippen LogP contribution is -2.22. The van der Waals surface area contributed by atoms with Gasteiger partial charge < -0.3 is 9.47 Å². The van der Waals surface area contributed by atoms with E-state index >= 15 is 0 Å². The van der Waals surface area contributed by atoms with Crippen LogP contribution in [0.25, 0.3) is 78.1 Å². The quantitative estimate of drug-likeness (QED) is 0.161. The Hall–Kier alpha value is -7.82. The van der Waals surface area contributed by atoms with Gasteiger partial charge in [0.1, 0.15) is 0 Å². The zero-order chi connectivity index (χ0) is 41.4. The maximum absolute atomic E-state index is 5.10. The second kappa shape index (κ2) is 16.0. The van der Waals surface area contributed by atoms with Gasteiger partial charge in [0.2, 0.25) is 0 Å². The first kappa shape index (κ1) is 37.2. The average Bonchev–Trinajstić information content (AvgIpc) is 3.68. The van der Waals surface area contributed by atoms with Crippen LogP contribution >= 0.6 is 0 Å². The van der Waals surface area contributed by atoms with E-state index in [9.17, 15) is 0 Å². The molecule has 0 N–H and O–H groups in total. The van der Waals surface area contributed by atoms with E-state index in [4.69, 9.17) is 9.97 Å². The third-order valence-corrected chi connectivity index (χ3v) is 12.3. The van der Waals surface area contributed by atoms with Crippen LogP contribution in [0.15, 0.2) is 230 Å². The molecule has 0 saturated heterocycles. The monoisotopic (exact) mass is 796 g/mol. The second-order valence-electron chi connectivity index (χ2n) is 16.1. The molecule has 0 fully saturated rings. The number of para-hydroxylation sites is 2. The minimum atomic E-state index is 0.702. The largest absolute Gasteiger partial charge is 0.317 e. The van der Waals surface area contributed by atoms with Gasteiger partial charge in [-0.25, -0.2) is 9.97 Å². The van der Waals surface area contributed by atoms with E-state index in [1.807, 2.05) is 12.1 Å². The van der Waals surface area contributed by atoms with E-state index in [0.29, 0.717) is 5.82 Å². The van der Waals surface area contributed by atoms with Crippen LogP contribution in [0.2, 0.25) is 0 Å². The fourth-order valence-electron chi connectivity index (χ4n) is 9.25. The molecule has 3 heterocycles. The third kappa shape index (κ3) is 6.86. The van der Waals surface area contributed by atoms with Crippen molar-refractivity contribution in [2.45, 2.75) is 25.7 Å². The van der Waals surface area contributed by atoms with E-state index in [1.54, 1.807) is 0 Å². The molecule has 7 aromatic carbocycles. The molecular formula is C58H44N4. The Morgan fingerprint density at radius 3 is 1.74 bits per heavy atom. The predicted molar refractivity (Wildman–Crippen MR) is 259 cm³/mol. The van der Waals surface area contributed by atoms with Crippen LogP contribution in [0.4, 0.5) is 5.69 Å². The van der Waals surface area contributed by atoms with Gasteiger partial charge >= 0.3 is 0 Å². The SMILES string of the molecule is C=C1CC/C=C\N(c2ccc(-c3cccc(-c4nc(-c5ccccc5)cc(-c5ccccc5)n4)c3)cc2)C2=C1CCC=C2c1cccc(-n2c3ccccc3c3ccccc32)c1. The fraction of sp³-hybridized carbons (Fsp3) is 0.0690. The first-order valence-electron chi connectivity index (χ1n) is 21.5. The Kier molecular flexibility index (Phi) is 9.59. The summed E-state index contributed by atoms with van der Waals surface area (Å²) >= 11 is 0. The van der Waals surface area contributed by atoms with E-state index in [0.717, 1.165) is 76.3 Å². The van der Waals surface area contributed by atoms with Crippen molar-refractivity contribution in [3.8, 4) is 50.7 Å². The van der Waals surface area contributed by atoms with Crippen molar-refractivity contribution in [2.75, 3.05) is 4.90 Å². The average molecular weight is 797 g/mol. The maximum atomic E-state index is 5.10. The zero-order valence-electron chi connectivity index (χ0n) is 34.5. The zero-order valence-corrected chi connectivity index (χ0v) is 34.5. The van der Waals surface area contributed by atoms with E-state index in [2.05, 4.69) is 210 Å². The summed E-state index contributed by atoms with van der Waals surface area (Å²) in [6, 6.07) is 66.9. The second-order valence-corrected chi connectivity index (χ2v) is 16.1. The number of benzene rings is 7. The van der Waals surface area contributed by atoms with Gasteiger partial charge in [0.15, 0.2) is 5.82 Å². The third-order valence-electron chi connectivity index (χ3n) is 12.3. The highest BCUT2D eigenvalue weighted by atomic mass is 15.1. The molecular weight excluding hydrogens is 753 g/mol. The summed E-state index contributed by atoms with van der Waals surface area (Å²) in [7, 11) is 0. The molecule has 9 aromatic rings. The number of anilines is 1. The lowest BCUT2D eigenvalue weighted by molar-refractivity contribution is 0.875. The lowest BCUT2D eigenvalue weighted by atomic mass is 9.85. The van der Waals surface area contributed by atoms with Gasteiger partial charge in [-0.1, -0.05) is 158 Å². The summed E-state index contributed by atoms with van der Waals surface area (Å²) in [4.78, 5) is 12.6. The van der Waals surface area contributed by atoms with Crippen LogP contribution in [-0.2, 0) is 0 Å². The Labute approximate surface area is 362 Å². The number of aromatic nitrogens is 3. The van der Waals surface area contributed by atoms with E-state index in [1.165, 1.54) is 49.8 Å². The normalized spacial score (nSPS) is 14.7. The molecule has 0 unspecified atom stereocenters. The number of nitrogens with zero attached hydrogens (tertiary/aromatic N) is 4. The molecule has 0 atom stereocenters. The highest BCUT2D eigenvalue weighted by Crippen LogP contribution is 2.43. The molecule has 11 rings (SSSR count). The van der Waals surface area contributed by atoms with Gasteiger partial charge in [-0.05, 0) is 102 Å². The summed E-state index contributed by atoms with van der Waals surface area (Å²) in [5.74, 6) is 0.702. The van der Waals surface area contributed by atoms with Gasteiger partial charge in [-0.3, -0.25) is 0 Å². The van der Waals surface area contributed by atoms with Crippen LogP contribution in [0.5, 0.6) is 0 Å². The molecule has 0 amide bonds. The number of allylic oxidation sites excluding steroid dienone is 5. The van der Waals surface area contributed by atoms with Gasteiger partial charge in [-0.15, -0.1) is 0 Å². The highest BCUT2D eigenvalue weighted by Gasteiger charge is 2.26. The Bertz CT molecular complexity index is 3130. The summed E-state index contributed by atoms with van der Waals surface area (Å²) in [6.45, 7) is 4.66. The minimum absolute atomic E-state index is 0.702. The topological polar surface area (TPSA) is 34.0 Å². The van der Waals surface area contributed by atoms with Crippen LogP contribution in [0.3, 0.4) is 0 Å². The molecule has 1 aliphatic carbocycles. The molecule has 2 aromatic heterocycles. The van der Waals surface area contributed by atoms with Crippen molar-refractivity contribution in [1.29, 1.82) is 0 Å². The molecule has 4 heteroatoms.